The minimum absolute atomic E-state index is 0.283. The van der Waals surface area contributed by atoms with Gasteiger partial charge in [0.05, 0.1) is 0 Å². The highest BCUT2D eigenvalue weighted by Crippen LogP contribution is 2.20. The Kier molecular flexibility index (Phi) is 5.41. The van der Waals surface area contributed by atoms with Crippen LogP contribution in [0.25, 0.3) is 0 Å². The van der Waals surface area contributed by atoms with Crippen LogP contribution >= 0.6 is 0 Å². The van der Waals surface area contributed by atoms with Gasteiger partial charge >= 0.3 is 12.3 Å². The van der Waals surface area contributed by atoms with Crippen LogP contribution in [0.5, 0.6) is 11.5 Å². The number of benzene rings is 1. The zero-order valence-corrected chi connectivity index (χ0v) is 13.8. The fraction of sp³-hybridized carbons (Fsp3) is 0.500. The van der Waals surface area contributed by atoms with E-state index in [-0.39, 0.29) is 11.5 Å². The van der Waals surface area contributed by atoms with Gasteiger partial charge < -0.3 is 18.9 Å². The second kappa shape index (κ2) is 6.68. The molecule has 1 rings (SSSR count). The van der Waals surface area contributed by atoms with Crippen LogP contribution in [0.2, 0.25) is 0 Å². The molecule has 122 valence electrons. The van der Waals surface area contributed by atoms with E-state index in [0.29, 0.717) is 0 Å². The smallest absolute Gasteiger partial charge is 0.428 e. The van der Waals surface area contributed by atoms with Crippen molar-refractivity contribution in [2.45, 2.75) is 52.7 Å². The van der Waals surface area contributed by atoms with Crippen molar-refractivity contribution < 1.29 is 28.5 Å². The number of rotatable bonds is 2. The van der Waals surface area contributed by atoms with Crippen molar-refractivity contribution in [3.8, 4) is 11.5 Å². The number of hydrogen-bond donors (Lipinski definition) is 0. The molecule has 0 N–H and O–H groups in total. The summed E-state index contributed by atoms with van der Waals surface area (Å²) in [4.78, 5) is 23.0. The van der Waals surface area contributed by atoms with E-state index in [1.807, 2.05) is 0 Å². The normalized spacial score (nSPS) is 11.5. The molecule has 6 heteroatoms. The lowest BCUT2D eigenvalue weighted by Crippen LogP contribution is -2.26. The Hall–Kier alpha value is -2.24. The molecule has 0 saturated heterocycles. The lowest BCUT2D eigenvalue weighted by Gasteiger charge is -2.19. The SMILES string of the molecule is CC(C)(C)OC(=O)Oc1ccc(OC(=O)OC(C)(C)C)cc1. The molecule has 0 spiro atoms. The van der Waals surface area contributed by atoms with Crippen molar-refractivity contribution in [1.29, 1.82) is 0 Å². The second-order valence-corrected chi connectivity index (χ2v) is 6.60. The molecular formula is C16H22O6. The summed E-state index contributed by atoms with van der Waals surface area (Å²) in [5, 5.41) is 0. The first kappa shape index (κ1) is 17.8. The first-order valence-corrected chi connectivity index (χ1v) is 6.86. The quantitative estimate of drug-likeness (QED) is 0.598. The average Bonchev–Trinajstić information content (AvgIpc) is 2.26. The molecule has 0 aliphatic carbocycles. The van der Waals surface area contributed by atoms with Gasteiger partial charge in [-0.25, -0.2) is 9.59 Å². The van der Waals surface area contributed by atoms with Crippen molar-refractivity contribution in [3.63, 3.8) is 0 Å². The largest absolute Gasteiger partial charge is 0.514 e. The third-order valence-electron chi connectivity index (χ3n) is 2.01. The maximum absolute atomic E-state index is 11.5. The van der Waals surface area contributed by atoms with E-state index in [0.717, 1.165) is 0 Å². The molecule has 0 unspecified atom stereocenters. The maximum Gasteiger partial charge on any atom is 0.514 e. The third-order valence-corrected chi connectivity index (χ3v) is 2.01. The molecule has 0 aliphatic heterocycles. The summed E-state index contributed by atoms with van der Waals surface area (Å²) in [5.74, 6) is 0.566. The molecule has 0 saturated carbocycles. The van der Waals surface area contributed by atoms with Crippen molar-refractivity contribution in [1.82, 2.24) is 0 Å². The van der Waals surface area contributed by atoms with E-state index in [1.165, 1.54) is 24.3 Å². The zero-order valence-electron chi connectivity index (χ0n) is 13.8. The van der Waals surface area contributed by atoms with E-state index in [9.17, 15) is 9.59 Å². The Morgan fingerprint density at radius 1 is 0.682 bits per heavy atom. The molecule has 0 heterocycles. The minimum atomic E-state index is -0.798. The summed E-state index contributed by atoms with van der Waals surface area (Å²) in [6, 6.07) is 5.96. The van der Waals surface area contributed by atoms with Gasteiger partial charge in [-0.15, -0.1) is 0 Å². The molecule has 6 nitrogen and oxygen atoms in total. The lowest BCUT2D eigenvalue weighted by atomic mass is 10.2. The topological polar surface area (TPSA) is 71.1 Å². The van der Waals surface area contributed by atoms with E-state index >= 15 is 0 Å². The number of hydrogen-bond acceptors (Lipinski definition) is 6. The van der Waals surface area contributed by atoms with Crippen LogP contribution in [-0.2, 0) is 9.47 Å². The van der Waals surface area contributed by atoms with Crippen LogP contribution in [0.1, 0.15) is 41.5 Å². The van der Waals surface area contributed by atoms with Gasteiger partial charge in [-0.1, -0.05) is 0 Å². The van der Waals surface area contributed by atoms with Gasteiger partial charge in [0.1, 0.15) is 22.7 Å². The van der Waals surface area contributed by atoms with Crippen LogP contribution in [0, 0.1) is 0 Å². The predicted molar refractivity (Wildman–Crippen MR) is 80.2 cm³/mol. The van der Waals surface area contributed by atoms with Crippen molar-refractivity contribution in [2.75, 3.05) is 0 Å². The van der Waals surface area contributed by atoms with Crippen LogP contribution in [0.15, 0.2) is 24.3 Å². The highest BCUT2D eigenvalue weighted by molar-refractivity contribution is 5.66. The highest BCUT2D eigenvalue weighted by Gasteiger charge is 2.19. The van der Waals surface area contributed by atoms with E-state index in [2.05, 4.69) is 0 Å². The van der Waals surface area contributed by atoms with Gasteiger partial charge in [-0.2, -0.15) is 0 Å². The third kappa shape index (κ3) is 7.52. The molecule has 22 heavy (non-hydrogen) atoms. The van der Waals surface area contributed by atoms with Gasteiger partial charge in [0, 0.05) is 0 Å². The molecule has 0 bridgehead atoms. The standard InChI is InChI=1S/C16H22O6/c1-15(2,3)21-13(17)19-11-7-9-12(10-8-11)20-14(18)22-16(4,5)6/h7-10H,1-6H3. The molecule has 0 aliphatic rings. The Balaban J connectivity index is 2.56. The van der Waals surface area contributed by atoms with Gasteiger partial charge in [0.15, 0.2) is 0 Å². The lowest BCUT2D eigenvalue weighted by molar-refractivity contribution is 0.0185. The first-order chi connectivity index (χ1) is 9.94. The van der Waals surface area contributed by atoms with E-state index in [1.54, 1.807) is 41.5 Å². The Labute approximate surface area is 130 Å². The van der Waals surface area contributed by atoms with Crippen molar-refractivity contribution in [2.24, 2.45) is 0 Å². The highest BCUT2D eigenvalue weighted by atomic mass is 16.7. The average molecular weight is 310 g/mol. The molecule has 0 amide bonds. The Bertz CT molecular complexity index is 470. The molecule has 1 aromatic carbocycles. The number of carbonyl (C=O) groups excluding carboxylic acids is 2. The molecule has 0 fully saturated rings. The monoisotopic (exact) mass is 310 g/mol. The predicted octanol–water partition coefficient (Wildman–Crippen LogP) is 4.31. The number of ether oxygens (including phenoxy) is 4. The van der Waals surface area contributed by atoms with E-state index in [4.69, 9.17) is 18.9 Å². The van der Waals surface area contributed by atoms with E-state index < -0.39 is 23.5 Å². The van der Waals surface area contributed by atoms with Crippen LogP contribution in [-0.4, -0.2) is 23.5 Å². The molecular weight excluding hydrogens is 288 g/mol. The summed E-state index contributed by atoms with van der Waals surface area (Å²) in [7, 11) is 0. The summed E-state index contributed by atoms with van der Waals surface area (Å²) < 4.78 is 20.0. The summed E-state index contributed by atoms with van der Waals surface area (Å²) in [6.07, 6.45) is -1.60. The Morgan fingerprint density at radius 3 is 1.18 bits per heavy atom. The number of carbonyl (C=O) groups is 2. The van der Waals surface area contributed by atoms with Crippen molar-refractivity contribution in [3.05, 3.63) is 24.3 Å². The summed E-state index contributed by atoms with van der Waals surface area (Å²) >= 11 is 0. The van der Waals surface area contributed by atoms with Gasteiger partial charge in [0.2, 0.25) is 0 Å². The van der Waals surface area contributed by atoms with Gasteiger partial charge in [-0.05, 0) is 65.8 Å². The zero-order chi connectivity index (χ0) is 17.0. The summed E-state index contributed by atoms with van der Waals surface area (Å²) in [6.45, 7) is 10.5. The van der Waals surface area contributed by atoms with Crippen LogP contribution < -0.4 is 9.47 Å². The van der Waals surface area contributed by atoms with Crippen LogP contribution in [0.4, 0.5) is 9.59 Å². The first-order valence-electron chi connectivity index (χ1n) is 6.86. The molecule has 0 atom stereocenters. The fourth-order valence-electron chi connectivity index (χ4n) is 1.31. The fourth-order valence-corrected chi connectivity index (χ4v) is 1.31. The maximum atomic E-state index is 11.5. The van der Waals surface area contributed by atoms with Crippen molar-refractivity contribution >= 4 is 12.3 Å². The second-order valence-electron chi connectivity index (χ2n) is 6.60. The van der Waals surface area contributed by atoms with Gasteiger partial charge in [-0.3, -0.25) is 0 Å². The van der Waals surface area contributed by atoms with Gasteiger partial charge in [0.25, 0.3) is 0 Å². The molecule has 1 aromatic rings. The van der Waals surface area contributed by atoms with Crippen LogP contribution in [0.3, 0.4) is 0 Å². The minimum Gasteiger partial charge on any atom is -0.428 e. The summed E-state index contributed by atoms with van der Waals surface area (Å²) in [5.41, 5.74) is -1.26. The molecule has 0 radical (unpaired) electrons. The molecule has 0 aromatic heterocycles. The Morgan fingerprint density at radius 2 is 0.955 bits per heavy atom.